The van der Waals surface area contributed by atoms with Crippen LogP contribution in [0.25, 0.3) is 0 Å². The standard InChI is InChI=1S/C14H30N2O2/c1-5-9-18-12-7-6-8-16(10-12)11-13(15)14(2,3)17-4/h12-13H,5-11,15H2,1-4H3. The maximum Gasteiger partial charge on any atom is 0.0785 e. The van der Waals surface area contributed by atoms with Crippen molar-refractivity contribution in [2.45, 2.75) is 57.8 Å². The van der Waals surface area contributed by atoms with Crippen molar-refractivity contribution >= 4 is 0 Å². The van der Waals surface area contributed by atoms with E-state index in [9.17, 15) is 0 Å². The molecule has 108 valence electrons. The molecule has 1 saturated heterocycles. The minimum atomic E-state index is -0.267. The van der Waals surface area contributed by atoms with Gasteiger partial charge in [-0.3, -0.25) is 4.90 Å². The first-order valence-electron chi connectivity index (χ1n) is 7.14. The van der Waals surface area contributed by atoms with Gasteiger partial charge in [0.2, 0.25) is 0 Å². The molecule has 0 aromatic carbocycles. The number of nitrogens with two attached hydrogens (primary N) is 1. The molecule has 18 heavy (non-hydrogen) atoms. The van der Waals surface area contributed by atoms with Gasteiger partial charge in [0.15, 0.2) is 0 Å². The van der Waals surface area contributed by atoms with E-state index in [0.717, 1.165) is 32.7 Å². The van der Waals surface area contributed by atoms with Gasteiger partial charge in [-0.25, -0.2) is 0 Å². The van der Waals surface area contributed by atoms with Crippen molar-refractivity contribution in [1.82, 2.24) is 4.90 Å². The molecule has 1 rings (SSSR count). The number of methoxy groups -OCH3 is 1. The van der Waals surface area contributed by atoms with E-state index in [4.69, 9.17) is 15.2 Å². The molecule has 4 nitrogen and oxygen atoms in total. The van der Waals surface area contributed by atoms with Crippen LogP contribution in [0.2, 0.25) is 0 Å². The van der Waals surface area contributed by atoms with Crippen molar-refractivity contribution in [1.29, 1.82) is 0 Å². The Balaban J connectivity index is 2.37. The Hall–Kier alpha value is -0.160. The summed E-state index contributed by atoms with van der Waals surface area (Å²) in [6.45, 7) is 10.1. The summed E-state index contributed by atoms with van der Waals surface area (Å²) in [4.78, 5) is 2.41. The van der Waals surface area contributed by atoms with Crippen molar-refractivity contribution in [3.8, 4) is 0 Å². The summed E-state index contributed by atoms with van der Waals surface area (Å²) in [6.07, 6.45) is 3.86. The molecule has 2 unspecified atom stereocenters. The smallest absolute Gasteiger partial charge is 0.0785 e. The molecular formula is C14H30N2O2. The molecule has 0 bridgehead atoms. The number of piperidine rings is 1. The molecule has 1 aliphatic heterocycles. The average Bonchev–Trinajstić information content (AvgIpc) is 2.36. The predicted molar refractivity (Wildman–Crippen MR) is 74.8 cm³/mol. The molecule has 0 aromatic heterocycles. The van der Waals surface area contributed by atoms with Gasteiger partial charge in [-0.1, -0.05) is 6.92 Å². The highest BCUT2D eigenvalue weighted by Crippen LogP contribution is 2.17. The fourth-order valence-electron chi connectivity index (χ4n) is 2.25. The molecule has 1 aliphatic rings. The van der Waals surface area contributed by atoms with Crippen LogP contribution in [0.4, 0.5) is 0 Å². The van der Waals surface area contributed by atoms with Gasteiger partial charge in [0, 0.05) is 32.8 Å². The van der Waals surface area contributed by atoms with Crippen LogP contribution in [0.15, 0.2) is 0 Å². The summed E-state index contributed by atoms with van der Waals surface area (Å²) in [5.41, 5.74) is 5.96. The van der Waals surface area contributed by atoms with E-state index in [-0.39, 0.29) is 11.6 Å². The molecule has 1 fully saturated rings. The lowest BCUT2D eigenvalue weighted by Gasteiger charge is -2.38. The van der Waals surface area contributed by atoms with Crippen LogP contribution in [-0.2, 0) is 9.47 Å². The zero-order valence-corrected chi connectivity index (χ0v) is 12.4. The first kappa shape index (κ1) is 15.9. The fourth-order valence-corrected chi connectivity index (χ4v) is 2.25. The van der Waals surface area contributed by atoms with E-state index in [2.05, 4.69) is 11.8 Å². The van der Waals surface area contributed by atoms with Crippen molar-refractivity contribution in [2.24, 2.45) is 5.73 Å². The summed E-state index contributed by atoms with van der Waals surface area (Å²) in [5.74, 6) is 0. The van der Waals surface area contributed by atoms with Gasteiger partial charge < -0.3 is 15.2 Å². The molecule has 2 atom stereocenters. The second-order valence-corrected chi connectivity index (χ2v) is 5.81. The van der Waals surface area contributed by atoms with E-state index in [0.29, 0.717) is 6.10 Å². The molecule has 0 aliphatic carbocycles. The predicted octanol–water partition coefficient (Wildman–Crippen LogP) is 1.63. The first-order valence-corrected chi connectivity index (χ1v) is 7.14. The molecule has 0 spiro atoms. The maximum absolute atomic E-state index is 6.23. The molecule has 0 radical (unpaired) electrons. The molecule has 4 heteroatoms. The summed E-state index contributed by atoms with van der Waals surface area (Å²) >= 11 is 0. The molecule has 1 heterocycles. The highest BCUT2D eigenvalue weighted by Gasteiger charge is 2.29. The summed E-state index contributed by atoms with van der Waals surface area (Å²) in [7, 11) is 1.73. The van der Waals surface area contributed by atoms with Crippen LogP contribution < -0.4 is 5.73 Å². The lowest BCUT2D eigenvalue weighted by molar-refractivity contribution is -0.0298. The molecule has 0 saturated carbocycles. The molecule has 2 N–H and O–H groups in total. The van der Waals surface area contributed by atoms with Crippen molar-refractivity contribution < 1.29 is 9.47 Å². The first-order chi connectivity index (χ1) is 8.49. The van der Waals surface area contributed by atoms with Gasteiger partial charge in [-0.15, -0.1) is 0 Å². The maximum atomic E-state index is 6.23. The summed E-state index contributed by atoms with van der Waals surface area (Å²) < 4.78 is 11.3. The Bertz CT molecular complexity index is 234. The van der Waals surface area contributed by atoms with E-state index >= 15 is 0 Å². The third kappa shape index (κ3) is 4.84. The number of likely N-dealkylation sites (tertiary alicyclic amines) is 1. The Labute approximate surface area is 112 Å². The number of hydrogen-bond acceptors (Lipinski definition) is 4. The zero-order chi connectivity index (χ0) is 13.6. The van der Waals surface area contributed by atoms with Crippen molar-refractivity contribution in [3.05, 3.63) is 0 Å². The van der Waals surface area contributed by atoms with Gasteiger partial charge in [-0.05, 0) is 39.7 Å². The van der Waals surface area contributed by atoms with Gasteiger partial charge in [-0.2, -0.15) is 0 Å². The lowest BCUT2D eigenvalue weighted by atomic mass is 9.97. The molecular weight excluding hydrogens is 228 g/mol. The fraction of sp³-hybridized carbons (Fsp3) is 1.00. The average molecular weight is 258 g/mol. The highest BCUT2D eigenvalue weighted by molar-refractivity contribution is 4.87. The second-order valence-electron chi connectivity index (χ2n) is 5.81. The number of nitrogens with zero attached hydrogens (tertiary/aromatic N) is 1. The monoisotopic (exact) mass is 258 g/mol. The minimum absolute atomic E-state index is 0.0347. The van der Waals surface area contributed by atoms with Crippen LogP contribution in [0.3, 0.4) is 0 Å². The van der Waals surface area contributed by atoms with E-state index < -0.39 is 0 Å². The molecule has 0 amide bonds. The van der Waals surface area contributed by atoms with Crippen LogP contribution >= 0.6 is 0 Å². The van der Waals surface area contributed by atoms with E-state index in [1.807, 2.05) is 13.8 Å². The Morgan fingerprint density at radius 2 is 2.17 bits per heavy atom. The van der Waals surface area contributed by atoms with Crippen LogP contribution in [-0.4, -0.2) is 56.0 Å². The van der Waals surface area contributed by atoms with Crippen LogP contribution in [0.1, 0.15) is 40.0 Å². The largest absolute Gasteiger partial charge is 0.377 e. The number of rotatable bonds is 7. The minimum Gasteiger partial charge on any atom is -0.377 e. The third-order valence-corrected chi connectivity index (χ3v) is 3.89. The van der Waals surface area contributed by atoms with Crippen LogP contribution in [0.5, 0.6) is 0 Å². The van der Waals surface area contributed by atoms with Gasteiger partial charge >= 0.3 is 0 Å². The highest BCUT2D eigenvalue weighted by atomic mass is 16.5. The Morgan fingerprint density at radius 1 is 1.44 bits per heavy atom. The molecule has 0 aromatic rings. The Morgan fingerprint density at radius 3 is 2.78 bits per heavy atom. The zero-order valence-electron chi connectivity index (χ0n) is 12.4. The SMILES string of the molecule is CCCOC1CCCN(CC(N)C(C)(C)OC)C1. The lowest BCUT2D eigenvalue weighted by Crippen LogP contribution is -2.54. The van der Waals surface area contributed by atoms with E-state index in [1.54, 1.807) is 7.11 Å². The van der Waals surface area contributed by atoms with Gasteiger partial charge in [0.05, 0.1) is 11.7 Å². The summed E-state index contributed by atoms with van der Waals surface area (Å²) in [5, 5.41) is 0. The van der Waals surface area contributed by atoms with Gasteiger partial charge in [0.25, 0.3) is 0 Å². The van der Waals surface area contributed by atoms with Crippen LogP contribution in [0, 0.1) is 0 Å². The van der Waals surface area contributed by atoms with Crippen molar-refractivity contribution in [3.63, 3.8) is 0 Å². The quantitative estimate of drug-likeness (QED) is 0.754. The number of hydrogen-bond donors (Lipinski definition) is 1. The van der Waals surface area contributed by atoms with E-state index in [1.165, 1.54) is 12.8 Å². The van der Waals surface area contributed by atoms with Crippen molar-refractivity contribution in [2.75, 3.05) is 33.4 Å². The summed E-state index contributed by atoms with van der Waals surface area (Å²) in [6, 6.07) is 0.0347. The van der Waals surface area contributed by atoms with Gasteiger partial charge in [0.1, 0.15) is 0 Å². The Kier molecular flexibility index (Phi) is 6.57. The third-order valence-electron chi connectivity index (χ3n) is 3.89. The topological polar surface area (TPSA) is 47.7 Å². The second kappa shape index (κ2) is 7.43. The number of ether oxygens (including phenoxy) is 2. The normalized spacial score (nSPS) is 24.2.